The van der Waals surface area contributed by atoms with Crippen molar-refractivity contribution in [1.29, 1.82) is 0 Å². The van der Waals surface area contributed by atoms with Gasteiger partial charge < -0.3 is 24.4 Å². The maximum absolute atomic E-state index is 14.8. The van der Waals surface area contributed by atoms with Crippen LogP contribution in [0.25, 0.3) is 0 Å². The molecule has 0 bridgehead atoms. The Hall–Kier alpha value is -2.83. The summed E-state index contributed by atoms with van der Waals surface area (Å²) in [5.74, 6) is -2.64. The van der Waals surface area contributed by atoms with Crippen LogP contribution in [-0.2, 0) is 24.6 Å². The van der Waals surface area contributed by atoms with E-state index < -0.39 is 35.8 Å². The molecule has 1 N–H and O–H groups in total. The van der Waals surface area contributed by atoms with Crippen molar-refractivity contribution in [2.24, 2.45) is 5.92 Å². The van der Waals surface area contributed by atoms with Crippen LogP contribution in [-0.4, -0.2) is 73.6 Å². The zero-order valence-corrected chi connectivity index (χ0v) is 22.4. The minimum Gasteiger partial charge on any atom is -0.469 e. The van der Waals surface area contributed by atoms with Gasteiger partial charge >= 0.3 is 12.6 Å². The van der Waals surface area contributed by atoms with Crippen molar-refractivity contribution in [2.75, 3.05) is 45.8 Å². The molecule has 1 fully saturated rings. The van der Waals surface area contributed by atoms with Gasteiger partial charge in [-0.3, -0.25) is 14.3 Å². The number of ether oxygens (including phenoxy) is 3. The standard InChI is InChI=1S/C25H32ClF3N4O5/c1-15(2)21-18(27)12-30-33(21)25(7-9-32(10-8-25)13-16(14-36-3)22(34)37-4)23(35)31-19-6-5-17(26)11-20(19)38-24(28)29/h5-6,11-12,15-16,24H,7-10,13-14H2,1-4H3,(H,31,35). The summed E-state index contributed by atoms with van der Waals surface area (Å²) in [6.07, 6.45) is 1.48. The molecule has 1 aromatic carbocycles. The van der Waals surface area contributed by atoms with Crippen LogP contribution in [0, 0.1) is 11.7 Å². The lowest BCUT2D eigenvalue weighted by Gasteiger charge is -2.42. The van der Waals surface area contributed by atoms with E-state index in [0.717, 1.165) is 6.20 Å². The molecule has 0 saturated carbocycles. The van der Waals surface area contributed by atoms with E-state index >= 15 is 0 Å². The molecule has 1 saturated heterocycles. The molecule has 0 spiro atoms. The van der Waals surface area contributed by atoms with Crippen molar-refractivity contribution >= 4 is 29.2 Å². The smallest absolute Gasteiger partial charge is 0.387 e. The van der Waals surface area contributed by atoms with Crippen LogP contribution in [0.4, 0.5) is 18.9 Å². The highest BCUT2D eigenvalue weighted by Gasteiger charge is 2.46. The molecule has 13 heteroatoms. The van der Waals surface area contributed by atoms with E-state index in [0.29, 0.717) is 19.6 Å². The van der Waals surface area contributed by atoms with E-state index in [4.69, 9.17) is 21.1 Å². The first-order chi connectivity index (χ1) is 18.0. The number of nitrogens with one attached hydrogen (secondary N) is 1. The normalized spacial score (nSPS) is 16.5. The molecule has 2 aromatic rings. The molecule has 1 unspecified atom stereocenters. The van der Waals surface area contributed by atoms with Crippen molar-refractivity contribution in [3.05, 3.63) is 40.9 Å². The molecule has 3 rings (SSSR count). The first kappa shape index (κ1) is 29.7. The minimum absolute atomic E-state index is 0.00826. The Morgan fingerprint density at radius 3 is 2.47 bits per heavy atom. The highest BCUT2D eigenvalue weighted by Crippen LogP contribution is 2.37. The SMILES string of the molecule is COCC(CN1CCC(C(=O)Nc2ccc(Cl)cc2OC(F)F)(n2ncc(F)c2C(C)C)CC1)C(=O)OC. The number of nitrogens with zero attached hydrogens (tertiary/aromatic N) is 3. The number of carbonyl (C=O) groups is 2. The van der Waals surface area contributed by atoms with Gasteiger partial charge in [0.15, 0.2) is 11.6 Å². The predicted molar refractivity (Wildman–Crippen MR) is 134 cm³/mol. The quantitative estimate of drug-likeness (QED) is 0.410. The van der Waals surface area contributed by atoms with Gasteiger partial charge in [0.25, 0.3) is 5.91 Å². The number of piperidine rings is 1. The van der Waals surface area contributed by atoms with Gasteiger partial charge in [0, 0.05) is 37.8 Å². The Bertz CT molecular complexity index is 1120. The van der Waals surface area contributed by atoms with Crippen LogP contribution < -0.4 is 10.1 Å². The maximum atomic E-state index is 14.8. The average molecular weight is 561 g/mol. The zero-order chi connectivity index (χ0) is 28.0. The summed E-state index contributed by atoms with van der Waals surface area (Å²) in [6.45, 7) is 1.68. The van der Waals surface area contributed by atoms with E-state index in [2.05, 4.69) is 15.2 Å². The Labute approximate surface area is 224 Å². The number of halogens is 4. The fourth-order valence-electron chi connectivity index (χ4n) is 4.75. The first-order valence-corrected chi connectivity index (χ1v) is 12.5. The fraction of sp³-hybridized carbons (Fsp3) is 0.560. The van der Waals surface area contributed by atoms with Gasteiger partial charge in [-0.25, -0.2) is 4.39 Å². The third kappa shape index (κ3) is 6.59. The molecule has 210 valence electrons. The number of aromatic nitrogens is 2. The van der Waals surface area contributed by atoms with E-state index in [-0.39, 0.29) is 47.5 Å². The lowest BCUT2D eigenvalue weighted by Crippen LogP contribution is -2.55. The molecule has 38 heavy (non-hydrogen) atoms. The molecule has 9 nitrogen and oxygen atoms in total. The Morgan fingerprint density at radius 1 is 1.21 bits per heavy atom. The van der Waals surface area contributed by atoms with E-state index in [1.807, 2.05) is 4.90 Å². The van der Waals surface area contributed by atoms with Crippen molar-refractivity contribution in [3.63, 3.8) is 0 Å². The summed E-state index contributed by atoms with van der Waals surface area (Å²) in [4.78, 5) is 28.1. The third-order valence-corrected chi connectivity index (χ3v) is 6.84. The van der Waals surface area contributed by atoms with E-state index in [1.165, 1.54) is 37.1 Å². The lowest BCUT2D eigenvalue weighted by molar-refractivity contribution is -0.148. The number of alkyl halides is 2. The van der Waals surface area contributed by atoms with Crippen molar-refractivity contribution in [1.82, 2.24) is 14.7 Å². The Balaban J connectivity index is 1.94. The Morgan fingerprint density at radius 2 is 1.89 bits per heavy atom. The number of likely N-dealkylation sites (tertiary alicyclic amines) is 1. The number of hydrogen-bond acceptors (Lipinski definition) is 7. The molecule has 1 atom stereocenters. The second kappa shape index (κ2) is 12.8. The summed E-state index contributed by atoms with van der Waals surface area (Å²) in [5, 5.41) is 7.06. The molecular weight excluding hydrogens is 529 g/mol. The molecular formula is C25H32ClF3N4O5. The van der Waals surface area contributed by atoms with Crippen LogP contribution in [0.3, 0.4) is 0 Å². The third-order valence-electron chi connectivity index (χ3n) is 6.61. The molecule has 1 amide bonds. The van der Waals surface area contributed by atoms with Crippen LogP contribution in [0.15, 0.2) is 24.4 Å². The second-order valence-corrected chi connectivity index (χ2v) is 9.86. The van der Waals surface area contributed by atoms with Crippen LogP contribution in [0.5, 0.6) is 5.75 Å². The van der Waals surface area contributed by atoms with E-state index in [9.17, 15) is 22.8 Å². The largest absolute Gasteiger partial charge is 0.469 e. The summed E-state index contributed by atoms with van der Waals surface area (Å²) in [6, 6.07) is 3.97. The van der Waals surface area contributed by atoms with Gasteiger partial charge in [0.05, 0.1) is 37.2 Å². The van der Waals surface area contributed by atoms with Crippen molar-refractivity contribution in [3.8, 4) is 5.75 Å². The fourth-order valence-corrected chi connectivity index (χ4v) is 4.91. The summed E-state index contributed by atoms with van der Waals surface area (Å²) in [7, 11) is 2.79. The average Bonchev–Trinajstić information content (AvgIpc) is 3.27. The van der Waals surface area contributed by atoms with Crippen molar-refractivity contribution < 1.29 is 37.0 Å². The van der Waals surface area contributed by atoms with Gasteiger partial charge in [-0.2, -0.15) is 13.9 Å². The number of amides is 1. The molecule has 2 heterocycles. The van der Waals surface area contributed by atoms with Gasteiger partial charge in [-0.1, -0.05) is 25.4 Å². The minimum atomic E-state index is -3.14. The van der Waals surface area contributed by atoms with Gasteiger partial charge in [0.2, 0.25) is 0 Å². The predicted octanol–water partition coefficient (Wildman–Crippen LogP) is 4.27. The first-order valence-electron chi connectivity index (χ1n) is 12.1. The second-order valence-electron chi connectivity index (χ2n) is 9.42. The number of anilines is 1. The zero-order valence-electron chi connectivity index (χ0n) is 21.7. The van der Waals surface area contributed by atoms with Crippen LogP contribution in [0.1, 0.15) is 38.3 Å². The van der Waals surface area contributed by atoms with Crippen LogP contribution >= 0.6 is 11.6 Å². The summed E-state index contributed by atoms with van der Waals surface area (Å²) in [5.41, 5.74) is -1.10. The Kier molecular flexibility index (Phi) is 10.0. The number of benzene rings is 1. The number of methoxy groups -OCH3 is 2. The number of esters is 1. The number of carbonyl (C=O) groups excluding carboxylic acids is 2. The van der Waals surface area contributed by atoms with Crippen molar-refractivity contribution in [2.45, 2.75) is 44.8 Å². The monoisotopic (exact) mass is 560 g/mol. The number of rotatable bonds is 11. The molecule has 1 aliphatic rings. The van der Waals surface area contributed by atoms with Gasteiger partial charge in [-0.15, -0.1) is 0 Å². The van der Waals surface area contributed by atoms with Crippen LogP contribution in [0.2, 0.25) is 5.02 Å². The summed E-state index contributed by atoms with van der Waals surface area (Å²) < 4.78 is 56.8. The summed E-state index contributed by atoms with van der Waals surface area (Å²) >= 11 is 5.94. The molecule has 0 aliphatic carbocycles. The topological polar surface area (TPSA) is 94.9 Å². The highest BCUT2D eigenvalue weighted by molar-refractivity contribution is 6.30. The number of hydrogen-bond donors (Lipinski definition) is 1. The van der Waals surface area contributed by atoms with Gasteiger partial charge in [0.1, 0.15) is 5.54 Å². The van der Waals surface area contributed by atoms with E-state index in [1.54, 1.807) is 13.8 Å². The maximum Gasteiger partial charge on any atom is 0.387 e. The molecule has 0 radical (unpaired) electrons. The highest BCUT2D eigenvalue weighted by atomic mass is 35.5. The lowest BCUT2D eigenvalue weighted by atomic mass is 9.85. The molecule has 1 aliphatic heterocycles. The van der Waals surface area contributed by atoms with Gasteiger partial charge in [-0.05, 0) is 30.9 Å². The molecule has 1 aromatic heterocycles.